The molecule has 1 aliphatic carbocycles. The fourth-order valence-electron chi connectivity index (χ4n) is 2.61. The number of halogens is 1. The van der Waals surface area contributed by atoms with E-state index in [1.54, 1.807) is 0 Å². The zero-order valence-electron chi connectivity index (χ0n) is 9.24. The normalized spacial score (nSPS) is 33.0. The molecule has 0 aromatic carbocycles. The minimum atomic E-state index is 0.289. The van der Waals surface area contributed by atoms with Crippen molar-refractivity contribution in [3.05, 3.63) is 28.5 Å². The van der Waals surface area contributed by atoms with Crippen LogP contribution in [0.1, 0.15) is 30.6 Å². The van der Waals surface area contributed by atoms with Crippen molar-refractivity contribution < 1.29 is 4.74 Å². The first-order valence-electron chi connectivity index (χ1n) is 5.77. The first kappa shape index (κ1) is 10.5. The molecule has 1 fully saturated rings. The van der Waals surface area contributed by atoms with Crippen LogP contribution in [-0.2, 0) is 11.2 Å². The quantitative estimate of drug-likeness (QED) is 0.703. The van der Waals surface area contributed by atoms with Crippen LogP contribution in [0.2, 0.25) is 5.15 Å². The Bertz CT molecular complexity index is 410. The average molecular weight is 239 g/mol. The lowest BCUT2D eigenvalue weighted by Crippen LogP contribution is -2.49. The number of nitrogens with zero attached hydrogens (tertiary/aromatic N) is 1. The number of rotatable bonds is 0. The third-order valence-electron chi connectivity index (χ3n) is 3.37. The maximum absolute atomic E-state index is 5.92. The molecule has 2 aliphatic rings. The van der Waals surface area contributed by atoms with E-state index >= 15 is 0 Å². The van der Waals surface area contributed by atoms with Gasteiger partial charge < -0.3 is 10.1 Å². The van der Waals surface area contributed by atoms with E-state index < -0.39 is 0 Å². The molecule has 0 spiro atoms. The van der Waals surface area contributed by atoms with Gasteiger partial charge >= 0.3 is 0 Å². The van der Waals surface area contributed by atoms with E-state index in [-0.39, 0.29) is 6.04 Å². The smallest absolute Gasteiger partial charge is 0.129 e. The van der Waals surface area contributed by atoms with Gasteiger partial charge in [0.15, 0.2) is 0 Å². The van der Waals surface area contributed by atoms with Crippen LogP contribution in [0.5, 0.6) is 0 Å². The Kier molecular flexibility index (Phi) is 2.62. The van der Waals surface area contributed by atoms with Gasteiger partial charge in [0.05, 0.1) is 18.8 Å². The molecule has 2 heterocycles. The van der Waals surface area contributed by atoms with E-state index in [0.717, 1.165) is 25.1 Å². The summed E-state index contributed by atoms with van der Waals surface area (Å²) in [5, 5.41) is 4.17. The van der Waals surface area contributed by atoms with Crippen molar-refractivity contribution in [1.29, 1.82) is 0 Å². The van der Waals surface area contributed by atoms with E-state index in [0.29, 0.717) is 17.3 Å². The largest absolute Gasteiger partial charge is 0.375 e. The second-order valence-electron chi connectivity index (χ2n) is 4.63. The van der Waals surface area contributed by atoms with Crippen LogP contribution in [0.3, 0.4) is 0 Å². The summed E-state index contributed by atoms with van der Waals surface area (Å²) in [5.74, 6) is 0. The molecule has 3 atom stereocenters. The Balaban J connectivity index is 1.97. The highest BCUT2D eigenvalue weighted by Crippen LogP contribution is 2.34. The Hall–Kier alpha value is -0.640. The van der Waals surface area contributed by atoms with Crippen LogP contribution in [0, 0.1) is 0 Å². The SMILES string of the molecule is C[C@@H]1CO[C@H]2CCc3nc(Cl)ccc3[C@H]2N1. The lowest BCUT2D eigenvalue weighted by molar-refractivity contribution is -0.0336. The summed E-state index contributed by atoms with van der Waals surface area (Å²) < 4.78 is 5.86. The molecule has 3 rings (SSSR count). The molecule has 1 aromatic rings. The van der Waals surface area contributed by atoms with Gasteiger partial charge in [-0.2, -0.15) is 0 Å². The number of hydrogen-bond acceptors (Lipinski definition) is 3. The van der Waals surface area contributed by atoms with Crippen LogP contribution in [0.25, 0.3) is 0 Å². The van der Waals surface area contributed by atoms with Crippen LogP contribution >= 0.6 is 11.6 Å². The van der Waals surface area contributed by atoms with Crippen molar-refractivity contribution in [1.82, 2.24) is 10.3 Å². The van der Waals surface area contributed by atoms with Crippen molar-refractivity contribution in [3.8, 4) is 0 Å². The average Bonchev–Trinajstić information content (AvgIpc) is 2.28. The molecular formula is C12H15ClN2O. The van der Waals surface area contributed by atoms with Gasteiger partial charge in [-0.15, -0.1) is 0 Å². The first-order chi connectivity index (χ1) is 7.74. The predicted octanol–water partition coefficient (Wildman–Crippen LogP) is 2.10. The van der Waals surface area contributed by atoms with Gasteiger partial charge in [0.1, 0.15) is 5.15 Å². The van der Waals surface area contributed by atoms with Gasteiger partial charge in [0.2, 0.25) is 0 Å². The van der Waals surface area contributed by atoms with E-state index in [9.17, 15) is 0 Å². The molecule has 1 aromatic heterocycles. The van der Waals surface area contributed by atoms with Gasteiger partial charge in [0, 0.05) is 11.7 Å². The predicted molar refractivity (Wildman–Crippen MR) is 62.6 cm³/mol. The van der Waals surface area contributed by atoms with E-state index in [1.807, 2.05) is 6.07 Å². The highest BCUT2D eigenvalue weighted by molar-refractivity contribution is 6.29. The molecule has 1 saturated heterocycles. The molecule has 1 N–H and O–H groups in total. The number of nitrogens with one attached hydrogen (secondary N) is 1. The Morgan fingerprint density at radius 3 is 3.25 bits per heavy atom. The Morgan fingerprint density at radius 2 is 2.38 bits per heavy atom. The van der Waals surface area contributed by atoms with Crippen molar-refractivity contribution in [3.63, 3.8) is 0 Å². The number of morpholine rings is 1. The van der Waals surface area contributed by atoms with Crippen molar-refractivity contribution in [2.24, 2.45) is 0 Å². The molecule has 0 saturated carbocycles. The molecule has 0 amide bonds. The van der Waals surface area contributed by atoms with Gasteiger partial charge in [-0.05, 0) is 31.4 Å². The summed E-state index contributed by atoms with van der Waals surface area (Å²) in [4.78, 5) is 4.40. The standard InChI is InChI=1S/C12H15ClN2O/c1-7-6-16-10-4-3-9-8(12(10)14-7)2-5-11(13)15-9/h2,5,7,10,12,14H,3-4,6H2,1H3/t7-,10+,12-/m1/s1. The third-order valence-corrected chi connectivity index (χ3v) is 3.58. The summed E-state index contributed by atoms with van der Waals surface area (Å²) >= 11 is 5.92. The molecule has 4 heteroatoms. The van der Waals surface area contributed by atoms with Crippen LogP contribution in [0.15, 0.2) is 12.1 Å². The molecule has 1 aliphatic heterocycles. The lowest BCUT2D eigenvalue weighted by atomic mass is 9.87. The minimum Gasteiger partial charge on any atom is -0.375 e. The Labute approximate surface area is 100 Å². The minimum absolute atomic E-state index is 0.289. The van der Waals surface area contributed by atoms with Gasteiger partial charge in [-0.25, -0.2) is 4.98 Å². The van der Waals surface area contributed by atoms with Crippen molar-refractivity contribution in [2.75, 3.05) is 6.61 Å². The van der Waals surface area contributed by atoms with Crippen molar-refractivity contribution in [2.45, 2.75) is 38.0 Å². The monoisotopic (exact) mass is 238 g/mol. The maximum Gasteiger partial charge on any atom is 0.129 e. The van der Waals surface area contributed by atoms with Gasteiger partial charge in [-0.1, -0.05) is 17.7 Å². The number of pyridine rings is 1. The molecular weight excluding hydrogens is 224 g/mol. The highest BCUT2D eigenvalue weighted by Gasteiger charge is 2.35. The second-order valence-corrected chi connectivity index (χ2v) is 5.01. The Morgan fingerprint density at radius 1 is 1.50 bits per heavy atom. The highest BCUT2D eigenvalue weighted by atomic mass is 35.5. The number of hydrogen-bond donors (Lipinski definition) is 1. The summed E-state index contributed by atoms with van der Waals surface area (Å²) in [7, 11) is 0. The summed E-state index contributed by atoms with van der Waals surface area (Å²) in [6.07, 6.45) is 2.30. The molecule has 0 unspecified atom stereocenters. The number of ether oxygens (including phenoxy) is 1. The lowest BCUT2D eigenvalue weighted by Gasteiger charge is -2.40. The number of aromatic nitrogens is 1. The summed E-state index contributed by atoms with van der Waals surface area (Å²) in [6, 6.07) is 4.64. The van der Waals surface area contributed by atoms with Crippen LogP contribution in [0.4, 0.5) is 0 Å². The molecule has 16 heavy (non-hydrogen) atoms. The van der Waals surface area contributed by atoms with Gasteiger partial charge in [-0.3, -0.25) is 0 Å². The number of fused-ring (bicyclic) bond motifs is 3. The van der Waals surface area contributed by atoms with E-state index in [4.69, 9.17) is 16.3 Å². The zero-order chi connectivity index (χ0) is 11.1. The van der Waals surface area contributed by atoms with E-state index in [1.165, 1.54) is 5.56 Å². The molecule has 0 radical (unpaired) electrons. The molecule has 86 valence electrons. The van der Waals surface area contributed by atoms with E-state index in [2.05, 4.69) is 23.3 Å². The van der Waals surface area contributed by atoms with Gasteiger partial charge in [0.25, 0.3) is 0 Å². The molecule has 3 nitrogen and oxygen atoms in total. The zero-order valence-corrected chi connectivity index (χ0v) is 10.00. The fourth-order valence-corrected chi connectivity index (χ4v) is 2.78. The summed E-state index contributed by atoms with van der Waals surface area (Å²) in [6.45, 7) is 2.95. The second kappa shape index (κ2) is 3.99. The maximum atomic E-state index is 5.92. The third kappa shape index (κ3) is 1.73. The first-order valence-corrected chi connectivity index (χ1v) is 6.15. The van der Waals surface area contributed by atoms with Crippen LogP contribution in [-0.4, -0.2) is 23.7 Å². The molecule has 0 bridgehead atoms. The topological polar surface area (TPSA) is 34.1 Å². The number of aryl methyl sites for hydroxylation is 1. The van der Waals surface area contributed by atoms with Crippen LogP contribution < -0.4 is 5.32 Å². The summed E-state index contributed by atoms with van der Waals surface area (Å²) in [5.41, 5.74) is 2.38. The van der Waals surface area contributed by atoms with Crippen molar-refractivity contribution >= 4 is 11.6 Å². The fraction of sp³-hybridized carbons (Fsp3) is 0.583.